The lowest BCUT2D eigenvalue weighted by Crippen LogP contribution is -2.27. The number of hydrogen-bond acceptors (Lipinski definition) is 5. The highest BCUT2D eigenvalue weighted by Gasteiger charge is 2.27. The monoisotopic (exact) mass is 279 g/mol. The number of hydrogen-bond donors (Lipinski definition) is 1. The average molecular weight is 279 g/mol. The lowest BCUT2D eigenvalue weighted by molar-refractivity contribution is -0.173. The van der Waals surface area contributed by atoms with Gasteiger partial charge >= 0.3 is 6.18 Å². The quantitative estimate of drug-likeness (QED) is 0.831. The Morgan fingerprint density at radius 3 is 2.74 bits per heavy atom. The average Bonchev–Trinajstić information content (AvgIpc) is 2.83. The summed E-state index contributed by atoms with van der Waals surface area (Å²) >= 11 is 0. The molecule has 0 amide bonds. The molecule has 1 aromatic heterocycles. The smallest absolute Gasteiger partial charge is 0.372 e. The van der Waals surface area contributed by atoms with Gasteiger partial charge in [0.15, 0.2) is 5.82 Å². The molecule has 0 aliphatic carbocycles. The van der Waals surface area contributed by atoms with Crippen LogP contribution in [0.4, 0.5) is 13.2 Å². The van der Waals surface area contributed by atoms with Crippen molar-refractivity contribution in [2.24, 2.45) is 0 Å². The number of alkyl halides is 3. The maximum Gasteiger partial charge on any atom is 0.411 e. The topological polar surface area (TPSA) is 60.2 Å². The fourth-order valence-electron chi connectivity index (χ4n) is 1.96. The van der Waals surface area contributed by atoms with Crippen LogP contribution in [0.15, 0.2) is 4.52 Å². The van der Waals surface area contributed by atoms with Crippen molar-refractivity contribution in [1.29, 1.82) is 0 Å². The van der Waals surface area contributed by atoms with Crippen LogP contribution in [-0.2, 0) is 11.2 Å². The summed E-state index contributed by atoms with van der Waals surface area (Å²) in [6.07, 6.45) is -2.20. The maximum absolute atomic E-state index is 11.8. The van der Waals surface area contributed by atoms with Crippen LogP contribution >= 0.6 is 0 Å². The Balaban J connectivity index is 1.74. The number of nitrogens with one attached hydrogen (secondary N) is 1. The maximum atomic E-state index is 11.8. The summed E-state index contributed by atoms with van der Waals surface area (Å²) in [7, 11) is 0. The van der Waals surface area contributed by atoms with Gasteiger partial charge in [0.1, 0.15) is 6.61 Å². The van der Waals surface area contributed by atoms with Gasteiger partial charge in [-0.3, -0.25) is 0 Å². The molecule has 2 rings (SSSR count). The van der Waals surface area contributed by atoms with Crippen molar-refractivity contribution >= 4 is 0 Å². The molecule has 8 heteroatoms. The van der Waals surface area contributed by atoms with Gasteiger partial charge in [-0.05, 0) is 25.9 Å². The number of aromatic nitrogens is 2. The van der Waals surface area contributed by atoms with E-state index in [2.05, 4.69) is 20.2 Å². The second kappa shape index (κ2) is 6.33. The normalized spacial score (nSPS) is 17.8. The van der Waals surface area contributed by atoms with Gasteiger partial charge in [0.05, 0.1) is 13.0 Å². The zero-order valence-electron chi connectivity index (χ0n) is 10.4. The van der Waals surface area contributed by atoms with Gasteiger partial charge in [0.2, 0.25) is 5.89 Å². The van der Waals surface area contributed by atoms with Crippen LogP contribution in [0, 0.1) is 0 Å². The first-order chi connectivity index (χ1) is 9.04. The summed E-state index contributed by atoms with van der Waals surface area (Å²) in [5.41, 5.74) is 0. The van der Waals surface area contributed by atoms with Crippen molar-refractivity contribution in [3.8, 4) is 0 Å². The van der Waals surface area contributed by atoms with E-state index in [0.29, 0.717) is 11.7 Å². The third kappa shape index (κ3) is 4.79. The zero-order chi connectivity index (χ0) is 13.7. The lowest BCUT2D eigenvalue weighted by atomic mass is 9.98. The van der Waals surface area contributed by atoms with Crippen LogP contribution in [0.25, 0.3) is 0 Å². The summed E-state index contributed by atoms with van der Waals surface area (Å²) in [6, 6.07) is 0. The number of ether oxygens (including phenoxy) is 1. The first kappa shape index (κ1) is 14.3. The van der Waals surface area contributed by atoms with Gasteiger partial charge < -0.3 is 14.6 Å². The van der Waals surface area contributed by atoms with Gasteiger partial charge in [-0.2, -0.15) is 18.2 Å². The fraction of sp³-hybridized carbons (Fsp3) is 0.818. The molecule has 5 nitrogen and oxygen atoms in total. The molecular weight excluding hydrogens is 263 g/mol. The van der Waals surface area contributed by atoms with E-state index in [9.17, 15) is 13.2 Å². The summed E-state index contributed by atoms with van der Waals surface area (Å²) in [4.78, 5) is 4.20. The summed E-state index contributed by atoms with van der Waals surface area (Å²) in [5.74, 6) is 1.25. The van der Waals surface area contributed by atoms with Crippen molar-refractivity contribution in [2.45, 2.75) is 31.4 Å². The molecule has 1 aromatic rings. The predicted octanol–water partition coefficient (Wildman–Crippen LogP) is 1.66. The van der Waals surface area contributed by atoms with Crippen molar-refractivity contribution in [1.82, 2.24) is 15.5 Å². The van der Waals surface area contributed by atoms with Crippen LogP contribution in [0.5, 0.6) is 0 Å². The molecule has 1 fully saturated rings. The van der Waals surface area contributed by atoms with E-state index in [0.717, 1.165) is 25.9 Å². The zero-order valence-corrected chi connectivity index (χ0v) is 10.4. The van der Waals surface area contributed by atoms with Crippen LogP contribution in [0.3, 0.4) is 0 Å². The minimum Gasteiger partial charge on any atom is -0.372 e. The second-order valence-corrected chi connectivity index (χ2v) is 4.49. The van der Waals surface area contributed by atoms with Gasteiger partial charge in [0, 0.05) is 5.92 Å². The van der Waals surface area contributed by atoms with E-state index in [1.54, 1.807) is 0 Å². The number of nitrogens with zero attached hydrogens (tertiary/aromatic N) is 2. The Bertz CT molecular complexity index is 389. The van der Waals surface area contributed by atoms with Crippen molar-refractivity contribution in [3.63, 3.8) is 0 Å². The van der Waals surface area contributed by atoms with Crippen LogP contribution in [-0.4, -0.2) is 42.6 Å². The van der Waals surface area contributed by atoms with E-state index in [1.165, 1.54) is 0 Å². The van der Waals surface area contributed by atoms with Crippen molar-refractivity contribution in [2.75, 3.05) is 26.3 Å². The van der Waals surface area contributed by atoms with Crippen molar-refractivity contribution < 1.29 is 22.4 Å². The molecule has 0 atom stereocenters. The molecule has 0 radical (unpaired) electrons. The molecule has 1 N–H and O–H groups in total. The van der Waals surface area contributed by atoms with Gasteiger partial charge in [-0.1, -0.05) is 5.16 Å². The molecule has 19 heavy (non-hydrogen) atoms. The Morgan fingerprint density at radius 2 is 2.05 bits per heavy atom. The van der Waals surface area contributed by atoms with Crippen molar-refractivity contribution in [3.05, 3.63) is 11.7 Å². The molecule has 1 saturated heterocycles. The predicted molar refractivity (Wildman–Crippen MR) is 59.7 cm³/mol. The summed E-state index contributed by atoms with van der Waals surface area (Å²) in [5, 5.41) is 7.11. The first-order valence-electron chi connectivity index (χ1n) is 6.22. The highest BCUT2D eigenvalue weighted by molar-refractivity contribution is 4.97. The number of halogens is 3. The number of piperidine rings is 1. The third-order valence-electron chi connectivity index (χ3n) is 2.91. The van der Waals surface area contributed by atoms with E-state index >= 15 is 0 Å². The summed E-state index contributed by atoms with van der Waals surface area (Å²) < 4.78 is 45.0. The lowest BCUT2D eigenvalue weighted by Gasteiger charge is -2.18. The highest BCUT2D eigenvalue weighted by atomic mass is 19.4. The SMILES string of the molecule is FC(F)(F)COCCc1nc(C2CCNCC2)no1. The molecule has 0 bridgehead atoms. The standard InChI is InChI=1S/C11H16F3N3O2/c12-11(13,14)7-18-6-3-9-16-10(17-19-9)8-1-4-15-5-2-8/h8,15H,1-7H2. The molecule has 1 aliphatic heterocycles. The van der Waals surface area contributed by atoms with E-state index in [4.69, 9.17) is 4.52 Å². The molecule has 0 aromatic carbocycles. The van der Waals surface area contributed by atoms with Crippen LogP contribution in [0.1, 0.15) is 30.5 Å². The third-order valence-corrected chi connectivity index (χ3v) is 2.91. The van der Waals surface area contributed by atoms with Crippen LogP contribution < -0.4 is 5.32 Å². The largest absolute Gasteiger partial charge is 0.411 e. The Labute approximate surface area is 108 Å². The Morgan fingerprint density at radius 1 is 1.32 bits per heavy atom. The molecule has 0 saturated carbocycles. The summed E-state index contributed by atoms with van der Waals surface area (Å²) in [6.45, 7) is 0.516. The first-order valence-corrected chi connectivity index (χ1v) is 6.22. The minimum absolute atomic E-state index is 0.0760. The van der Waals surface area contributed by atoms with Crippen LogP contribution in [0.2, 0.25) is 0 Å². The second-order valence-electron chi connectivity index (χ2n) is 4.49. The molecule has 0 spiro atoms. The molecule has 0 unspecified atom stereocenters. The Hall–Kier alpha value is -1.15. The van der Waals surface area contributed by atoms with E-state index in [-0.39, 0.29) is 18.9 Å². The molecule has 108 valence electrons. The molecular formula is C11H16F3N3O2. The van der Waals surface area contributed by atoms with Gasteiger partial charge in [0.25, 0.3) is 0 Å². The molecule has 1 aliphatic rings. The highest BCUT2D eigenvalue weighted by Crippen LogP contribution is 2.22. The van der Waals surface area contributed by atoms with Gasteiger partial charge in [-0.15, -0.1) is 0 Å². The van der Waals surface area contributed by atoms with Gasteiger partial charge in [-0.25, -0.2) is 0 Å². The fourth-order valence-corrected chi connectivity index (χ4v) is 1.96. The van der Waals surface area contributed by atoms with E-state index in [1.807, 2.05) is 0 Å². The molecule has 2 heterocycles. The number of rotatable bonds is 5. The Kier molecular flexibility index (Phi) is 4.76. The minimum atomic E-state index is -4.30. The van der Waals surface area contributed by atoms with E-state index < -0.39 is 12.8 Å².